The highest BCUT2D eigenvalue weighted by atomic mass is 35.5. The SMILES string of the molecule is CC1N(Cc2ccc3cc4ccccc4cc3c2)C(Cl)=C(Cl)N1Cc1ccc2ccccc2n1. The van der Waals surface area contributed by atoms with Crippen LogP contribution in [-0.2, 0) is 13.1 Å². The largest absolute Gasteiger partial charge is 0.335 e. The van der Waals surface area contributed by atoms with Crippen LogP contribution < -0.4 is 0 Å². The molecule has 2 heterocycles. The molecule has 0 amide bonds. The number of hydrogen-bond acceptors (Lipinski definition) is 3. The van der Waals surface area contributed by atoms with Gasteiger partial charge in [0.25, 0.3) is 0 Å². The predicted octanol–water partition coefficient (Wildman–Crippen LogP) is 7.81. The number of fused-ring (bicyclic) bond motifs is 3. The lowest BCUT2D eigenvalue weighted by molar-refractivity contribution is 0.152. The fraction of sp³-hybridized carbons (Fsp3) is 0.138. The molecule has 0 saturated carbocycles. The highest BCUT2D eigenvalue weighted by Gasteiger charge is 2.34. The Morgan fingerprint density at radius 2 is 1.24 bits per heavy atom. The molecule has 0 radical (unpaired) electrons. The maximum atomic E-state index is 6.74. The Hall–Kier alpha value is -3.27. The first kappa shape index (κ1) is 21.3. The second-order valence-electron chi connectivity index (χ2n) is 8.85. The van der Waals surface area contributed by atoms with Crippen LogP contribution in [0, 0.1) is 0 Å². The van der Waals surface area contributed by atoms with Crippen molar-refractivity contribution in [1.29, 1.82) is 0 Å². The van der Waals surface area contributed by atoms with Gasteiger partial charge in [0.2, 0.25) is 0 Å². The van der Waals surface area contributed by atoms with E-state index in [9.17, 15) is 0 Å². The molecule has 168 valence electrons. The van der Waals surface area contributed by atoms with Crippen molar-refractivity contribution in [3.63, 3.8) is 0 Å². The molecular formula is C29H23Cl2N3. The maximum Gasteiger partial charge on any atom is 0.142 e. The van der Waals surface area contributed by atoms with Gasteiger partial charge in [-0.2, -0.15) is 0 Å². The molecule has 0 saturated heterocycles. The minimum Gasteiger partial charge on any atom is -0.335 e. The third-order valence-electron chi connectivity index (χ3n) is 6.69. The zero-order valence-electron chi connectivity index (χ0n) is 18.7. The summed E-state index contributed by atoms with van der Waals surface area (Å²) in [5.41, 5.74) is 3.15. The van der Waals surface area contributed by atoms with Crippen LogP contribution in [0.1, 0.15) is 18.2 Å². The normalized spacial score (nSPS) is 16.4. The molecule has 5 aromatic rings. The van der Waals surface area contributed by atoms with Crippen molar-refractivity contribution in [2.45, 2.75) is 26.2 Å². The van der Waals surface area contributed by atoms with Crippen LogP contribution in [0.25, 0.3) is 32.4 Å². The van der Waals surface area contributed by atoms with Gasteiger partial charge in [-0.3, -0.25) is 4.98 Å². The molecule has 1 aliphatic rings. The first-order valence-corrected chi connectivity index (χ1v) is 12.2. The third-order valence-corrected chi connectivity index (χ3v) is 7.58. The van der Waals surface area contributed by atoms with E-state index in [1.54, 1.807) is 0 Å². The molecule has 1 unspecified atom stereocenters. The number of benzene rings is 4. The molecule has 6 rings (SSSR count). The van der Waals surface area contributed by atoms with E-state index in [2.05, 4.69) is 89.5 Å². The molecule has 0 bridgehead atoms. The number of halogens is 2. The zero-order chi connectivity index (χ0) is 23.2. The highest BCUT2D eigenvalue weighted by Crippen LogP contribution is 2.37. The summed E-state index contributed by atoms with van der Waals surface area (Å²) in [5.74, 6) is 0. The van der Waals surface area contributed by atoms with Gasteiger partial charge in [0, 0.05) is 11.9 Å². The number of nitrogens with zero attached hydrogens (tertiary/aromatic N) is 3. The van der Waals surface area contributed by atoms with Crippen LogP contribution in [0.15, 0.2) is 101 Å². The number of pyridine rings is 1. The minimum atomic E-state index is 0.0144. The number of rotatable bonds is 4. The number of hydrogen-bond donors (Lipinski definition) is 0. The smallest absolute Gasteiger partial charge is 0.142 e. The average Bonchev–Trinajstić information content (AvgIpc) is 3.06. The van der Waals surface area contributed by atoms with Crippen molar-refractivity contribution in [1.82, 2.24) is 14.8 Å². The van der Waals surface area contributed by atoms with Crippen molar-refractivity contribution in [2.75, 3.05) is 0 Å². The first-order valence-electron chi connectivity index (χ1n) is 11.4. The van der Waals surface area contributed by atoms with Crippen LogP contribution in [-0.4, -0.2) is 20.9 Å². The predicted molar refractivity (Wildman–Crippen MR) is 142 cm³/mol. The molecular weight excluding hydrogens is 461 g/mol. The lowest BCUT2D eigenvalue weighted by Gasteiger charge is -2.30. The first-order chi connectivity index (χ1) is 16.6. The van der Waals surface area contributed by atoms with Crippen LogP contribution in [0.3, 0.4) is 0 Å². The summed E-state index contributed by atoms with van der Waals surface area (Å²) in [6.45, 7) is 3.41. The maximum absolute atomic E-state index is 6.74. The van der Waals surface area contributed by atoms with E-state index >= 15 is 0 Å². The van der Waals surface area contributed by atoms with Crippen LogP contribution in [0.4, 0.5) is 0 Å². The summed E-state index contributed by atoms with van der Waals surface area (Å²) in [7, 11) is 0. The summed E-state index contributed by atoms with van der Waals surface area (Å²) in [5, 5.41) is 7.24. The Balaban J connectivity index is 1.26. The second-order valence-corrected chi connectivity index (χ2v) is 9.56. The van der Waals surface area contributed by atoms with E-state index in [4.69, 9.17) is 28.2 Å². The van der Waals surface area contributed by atoms with E-state index < -0.39 is 0 Å². The highest BCUT2D eigenvalue weighted by molar-refractivity contribution is 6.39. The molecule has 4 aromatic carbocycles. The van der Waals surface area contributed by atoms with Gasteiger partial charge in [0.1, 0.15) is 16.5 Å². The second kappa shape index (κ2) is 8.50. The Morgan fingerprint density at radius 1 is 0.647 bits per heavy atom. The van der Waals surface area contributed by atoms with Gasteiger partial charge in [-0.25, -0.2) is 0 Å². The Morgan fingerprint density at radius 3 is 2.00 bits per heavy atom. The third kappa shape index (κ3) is 3.75. The van der Waals surface area contributed by atoms with E-state index in [0.717, 1.165) is 16.6 Å². The molecule has 3 nitrogen and oxygen atoms in total. The average molecular weight is 484 g/mol. The Kier molecular flexibility index (Phi) is 5.32. The molecule has 1 aromatic heterocycles. The van der Waals surface area contributed by atoms with Crippen molar-refractivity contribution in [2.24, 2.45) is 0 Å². The quantitative estimate of drug-likeness (QED) is 0.192. The van der Waals surface area contributed by atoms with Gasteiger partial charge in [0.05, 0.1) is 17.8 Å². The van der Waals surface area contributed by atoms with Gasteiger partial charge < -0.3 is 9.80 Å². The molecule has 5 heteroatoms. The monoisotopic (exact) mass is 483 g/mol. The van der Waals surface area contributed by atoms with Crippen LogP contribution >= 0.6 is 23.2 Å². The van der Waals surface area contributed by atoms with Crippen molar-refractivity contribution in [3.8, 4) is 0 Å². The minimum absolute atomic E-state index is 0.0144. The molecule has 1 atom stereocenters. The topological polar surface area (TPSA) is 19.4 Å². The molecule has 34 heavy (non-hydrogen) atoms. The summed E-state index contributed by atoms with van der Waals surface area (Å²) in [6.07, 6.45) is 0.0144. The Bertz CT molecular complexity index is 1580. The van der Waals surface area contributed by atoms with Gasteiger partial charge in [0.15, 0.2) is 0 Å². The summed E-state index contributed by atoms with van der Waals surface area (Å²) in [4.78, 5) is 9.07. The Labute approximate surface area is 208 Å². The van der Waals surface area contributed by atoms with E-state index in [1.165, 1.54) is 27.1 Å². The van der Waals surface area contributed by atoms with Crippen LogP contribution in [0.5, 0.6) is 0 Å². The van der Waals surface area contributed by atoms with Gasteiger partial charge >= 0.3 is 0 Å². The lowest BCUT2D eigenvalue weighted by atomic mass is 10.0. The molecule has 0 aliphatic carbocycles. The van der Waals surface area contributed by atoms with Gasteiger partial charge in [-0.1, -0.05) is 83.9 Å². The van der Waals surface area contributed by atoms with Gasteiger partial charge in [-0.05, 0) is 64.4 Å². The number of para-hydroxylation sites is 1. The summed E-state index contributed by atoms with van der Waals surface area (Å²) in [6, 6.07) is 31.9. The van der Waals surface area contributed by atoms with E-state index in [0.29, 0.717) is 23.4 Å². The molecule has 0 fully saturated rings. The van der Waals surface area contributed by atoms with Crippen LogP contribution in [0.2, 0.25) is 0 Å². The fourth-order valence-electron chi connectivity index (χ4n) is 4.79. The summed E-state index contributed by atoms with van der Waals surface area (Å²) >= 11 is 13.5. The zero-order valence-corrected chi connectivity index (χ0v) is 20.3. The van der Waals surface area contributed by atoms with Crippen molar-refractivity contribution < 1.29 is 0 Å². The number of aromatic nitrogens is 1. The van der Waals surface area contributed by atoms with Gasteiger partial charge in [-0.15, -0.1) is 0 Å². The lowest BCUT2D eigenvalue weighted by Crippen LogP contribution is -2.36. The molecule has 1 aliphatic heterocycles. The summed E-state index contributed by atoms with van der Waals surface area (Å²) < 4.78 is 0. The van der Waals surface area contributed by atoms with E-state index in [1.807, 2.05) is 18.2 Å². The van der Waals surface area contributed by atoms with E-state index in [-0.39, 0.29) is 6.17 Å². The standard InChI is InChI=1S/C29H23Cl2N3/c1-19-33(17-20-10-11-24-15-22-7-2-3-8-23(22)16-25(24)14-20)28(30)29(31)34(19)18-26-13-12-21-6-4-5-9-27(21)32-26/h2-16,19H,17-18H2,1H3. The van der Waals surface area contributed by atoms with Crippen molar-refractivity contribution in [3.05, 3.63) is 113 Å². The van der Waals surface area contributed by atoms with Crippen molar-refractivity contribution >= 4 is 55.6 Å². The fourth-order valence-corrected chi connectivity index (χ4v) is 5.41. The molecule has 0 spiro atoms. The molecule has 0 N–H and O–H groups in total.